The van der Waals surface area contributed by atoms with E-state index in [0.717, 1.165) is 0 Å². The number of hydrogen-bond donors (Lipinski definition) is 2. The van der Waals surface area contributed by atoms with Crippen LogP contribution in [-0.4, -0.2) is 10.2 Å². The van der Waals surface area contributed by atoms with Gasteiger partial charge in [-0.25, -0.2) is 0 Å². The van der Waals surface area contributed by atoms with Crippen LogP contribution in [0.4, 0.5) is 0 Å². The zero-order chi connectivity index (χ0) is 7.98. The molecule has 0 fully saturated rings. The van der Waals surface area contributed by atoms with E-state index < -0.39 is 0 Å². The molecular weight excluding hydrogens is 128 g/mol. The maximum absolute atomic E-state index is 8.65. The second-order valence-corrected chi connectivity index (χ2v) is 1.52. The van der Waals surface area contributed by atoms with Gasteiger partial charge in [0.25, 0.3) is 0 Å². The number of terminal acetylenes is 1. The van der Waals surface area contributed by atoms with Gasteiger partial charge in [0.1, 0.15) is 11.5 Å². The monoisotopic (exact) mass is 136 g/mol. The summed E-state index contributed by atoms with van der Waals surface area (Å²) >= 11 is 0. The molecule has 0 radical (unpaired) electrons. The molecule has 0 saturated carbocycles. The van der Waals surface area contributed by atoms with Crippen LogP contribution in [0.25, 0.3) is 0 Å². The first kappa shape index (κ1) is 8.38. The molecule has 0 unspecified atom stereocenters. The van der Waals surface area contributed by atoms with Crippen LogP contribution < -0.4 is 0 Å². The predicted molar refractivity (Wildman–Crippen MR) is 39.7 cm³/mol. The first-order valence-electron chi connectivity index (χ1n) is 2.60. The lowest BCUT2D eigenvalue weighted by Crippen LogP contribution is -1.61. The van der Waals surface area contributed by atoms with Crippen molar-refractivity contribution < 1.29 is 10.2 Å². The molecule has 0 aromatic heterocycles. The van der Waals surface area contributed by atoms with Gasteiger partial charge < -0.3 is 10.2 Å². The molecule has 2 heteroatoms. The lowest BCUT2D eigenvalue weighted by Gasteiger charge is -1.88. The molecule has 0 amide bonds. The summed E-state index contributed by atoms with van der Waals surface area (Å²) in [5, 5.41) is 17.3. The van der Waals surface area contributed by atoms with Gasteiger partial charge in [-0.1, -0.05) is 0 Å². The zero-order valence-electron chi connectivity index (χ0n) is 5.36. The summed E-state index contributed by atoms with van der Waals surface area (Å²) in [4.78, 5) is 0. The molecule has 0 aliphatic carbocycles. The average Bonchev–Trinajstić information content (AvgIpc) is 2.00. The van der Waals surface area contributed by atoms with Gasteiger partial charge >= 0.3 is 0 Å². The summed E-state index contributed by atoms with van der Waals surface area (Å²) < 4.78 is 0. The number of phenols is 2. The summed E-state index contributed by atoms with van der Waals surface area (Å²) in [6.07, 6.45) is 8.00. The van der Waals surface area contributed by atoms with Crippen LogP contribution in [0.5, 0.6) is 11.5 Å². The largest absolute Gasteiger partial charge is 0.508 e. The number of hydrogen-bond acceptors (Lipinski definition) is 2. The van der Waals surface area contributed by atoms with Crippen molar-refractivity contribution in [1.82, 2.24) is 0 Å². The molecule has 2 N–H and O–H groups in total. The van der Waals surface area contributed by atoms with Gasteiger partial charge in [-0.15, -0.1) is 12.8 Å². The Balaban J connectivity index is 0.000000371. The second kappa shape index (κ2) is 4.28. The third-order valence-electron chi connectivity index (χ3n) is 0.850. The van der Waals surface area contributed by atoms with Gasteiger partial charge in [0.2, 0.25) is 0 Å². The van der Waals surface area contributed by atoms with Gasteiger partial charge in [-0.05, 0) is 24.3 Å². The fourth-order valence-electron chi connectivity index (χ4n) is 0.453. The molecule has 0 bridgehead atoms. The van der Waals surface area contributed by atoms with Crippen molar-refractivity contribution in [2.75, 3.05) is 0 Å². The molecule has 0 spiro atoms. The summed E-state index contributed by atoms with van der Waals surface area (Å²) in [5.74, 6) is 0.339. The van der Waals surface area contributed by atoms with E-state index in [9.17, 15) is 0 Å². The first-order valence-corrected chi connectivity index (χ1v) is 2.60. The molecule has 10 heavy (non-hydrogen) atoms. The molecule has 0 heterocycles. The summed E-state index contributed by atoms with van der Waals surface area (Å²) in [5.41, 5.74) is 0. The maximum Gasteiger partial charge on any atom is 0.115 e. The highest BCUT2D eigenvalue weighted by Crippen LogP contribution is 2.13. The number of aromatic hydroxyl groups is 2. The summed E-state index contributed by atoms with van der Waals surface area (Å²) in [6, 6.07) is 5.70. The minimum Gasteiger partial charge on any atom is -0.508 e. The Hall–Kier alpha value is -1.62. The minimum absolute atomic E-state index is 0.169. The Kier molecular flexibility index (Phi) is 3.58. The molecule has 52 valence electrons. The highest BCUT2D eigenvalue weighted by molar-refractivity contribution is 5.28. The van der Waals surface area contributed by atoms with E-state index in [0.29, 0.717) is 0 Å². The SMILES string of the molecule is C#C.Oc1ccc(O)cc1. The average molecular weight is 136 g/mol. The third-order valence-corrected chi connectivity index (χ3v) is 0.850. The Bertz CT molecular complexity index is 177. The molecule has 2 nitrogen and oxygen atoms in total. The highest BCUT2D eigenvalue weighted by atomic mass is 16.3. The number of phenolic OH excluding ortho intramolecular Hbond substituents is 2. The van der Waals surface area contributed by atoms with E-state index >= 15 is 0 Å². The van der Waals surface area contributed by atoms with Crippen LogP contribution in [0, 0.1) is 12.8 Å². The van der Waals surface area contributed by atoms with Crippen LogP contribution in [-0.2, 0) is 0 Å². The van der Waals surface area contributed by atoms with Gasteiger partial charge in [-0.3, -0.25) is 0 Å². The first-order chi connectivity index (χ1) is 4.79. The van der Waals surface area contributed by atoms with Crippen LogP contribution in [0.2, 0.25) is 0 Å². The molecule has 1 aromatic carbocycles. The Morgan fingerprint density at radius 3 is 1.20 bits per heavy atom. The topological polar surface area (TPSA) is 40.5 Å². The highest BCUT2D eigenvalue weighted by Gasteiger charge is 1.84. The van der Waals surface area contributed by atoms with Gasteiger partial charge in [0, 0.05) is 0 Å². The molecule has 0 atom stereocenters. The molecule has 1 rings (SSSR count). The predicted octanol–water partition coefficient (Wildman–Crippen LogP) is 1.35. The maximum atomic E-state index is 8.65. The van der Waals surface area contributed by atoms with E-state index in [1.165, 1.54) is 24.3 Å². The van der Waals surface area contributed by atoms with Gasteiger partial charge in [0.05, 0.1) is 0 Å². The third kappa shape index (κ3) is 2.63. The van der Waals surface area contributed by atoms with Crippen molar-refractivity contribution in [3.05, 3.63) is 24.3 Å². The number of benzene rings is 1. The minimum atomic E-state index is 0.169. The fourth-order valence-corrected chi connectivity index (χ4v) is 0.453. The van der Waals surface area contributed by atoms with E-state index in [1.807, 2.05) is 0 Å². The lowest BCUT2D eigenvalue weighted by atomic mass is 10.3. The smallest absolute Gasteiger partial charge is 0.115 e. The second-order valence-electron chi connectivity index (χ2n) is 1.52. The van der Waals surface area contributed by atoms with Crippen molar-refractivity contribution in [3.63, 3.8) is 0 Å². The molecule has 0 aliphatic rings. The van der Waals surface area contributed by atoms with Crippen LogP contribution in [0.3, 0.4) is 0 Å². The summed E-state index contributed by atoms with van der Waals surface area (Å²) in [7, 11) is 0. The quantitative estimate of drug-likeness (QED) is 0.417. The van der Waals surface area contributed by atoms with Crippen LogP contribution in [0.1, 0.15) is 0 Å². The lowest BCUT2D eigenvalue weighted by molar-refractivity contribution is 0.460. The molecular formula is C8H8O2. The van der Waals surface area contributed by atoms with Crippen LogP contribution >= 0.6 is 0 Å². The standard InChI is InChI=1S/C6H6O2.C2H2/c7-5-1-2-6(8)4-3-5;1-2/h1-4,7-8H;1-2H. The molecule has 0 aliphatic heterocycles. The van der Waals surface area contributed by atoms with Crippen molar-refractivity contribution >= 4 is 0 Å². The summed E-state index contributed by atoms with van der Waals surface area (Å²) in [6.45, 7) is 0. The van der Waals surface area contributed by atoms with Crippen molar-refractivity contribution in [1.29, 1.82) is 0 Å². The van der Waals surface area contributed by atoms with E-state index in [-0.39, 0.29) is 11.5 Å². The van der Waals surface area contributed by atoms with Crippen molar-refractivity contribution in [2.45, 2.75) is 0 Å². The molecule has 1 aromatic rings. The Labute approximate surface area is 59.8 Å². The van der Waals surface area contributed by atoms with E-state index in [1.54, 1.807) is 0 Å². The molecule has 0 saturated heterocycles. The van der Waals surface area contributed by atoms with E-state index in [4.69, 9.17) is 10.2 Å². The fraction of sp³-hybridized carbons (Fsp3) is 0. The van der Waals surface area contributed by atoms with E-state index in [2.05, 4.69) is 12.8 Å². The van der Waals surface area contributed by atoms with Crippen molar-refractivity contribution in [2.24, 2.45) is 0 Å². The zero-order valence-corrected chi connectivity index (χ0v) is 5.36. The Morgan fingerprint density at radius 1 is 0.800 bits per heavy atom. The van der Waals surface area contributed by atoms with Gasteiger partial charge in [0.15, 0.2) is 0 Å². The van der Waals surface area contributed by atoms with Gasteiger partial charge in [-0.2, -0.15) is 0 Å². The Morgan fingerprint density at radius 2 is 1.00 bits per heavy atom. The van der Waals surface area contributed by atoms with Crippen LogP contribution in [0.15, 0.2) is 24.3 Å². The number of rotatable bonds is 0. The van der Waals surface area contributed by atoms with Crippen molar-refractivity contribution in [3.8, 4) is 24.3 Å². The normalized spacial score (nSPS) is 7.40.